The van der Waals surface area contributed by atoms with Crippen molar-refractivity contribution in [2.45, 2.75) is 36.3 Å². The third-order valence-electron chi connectivity index (χ3n) is 5.30. The number of aromatic nitrogens is 3. The molecule has 1 aromatic heterocycles. The fraction of sp³-hybridized carbons (Fsp3) is 0.348. The molecule has 0 bridgehead atoms. The molecule has 1 aliphatic rings. The number of nitrogens with one attached hydrogen (secondary N) is 1. The second kappa shape index (κ2) is 9.27. The van der Waals surface area contributed by atoms with Gasteiger partial charge in [-0.25, -0.2) is 0 Å². The van der Waals surface area contributed by atoms with E-state index in [2.05, 4.69) is 64.0 Å². The lowest BCUT2D eigenvalue weighted by Crippen LogP contribution is -2.27. The molecule has 0 unspecified atom stereocenters. The first kappa shape index (κ1) is 19.7. The fourth-order valence-electron chi connectivity index (χ4n) is 3.58. The average molecular weight is 407 g/mol. The lowest BCUT2D eigenvalue weighted by Gasteiger charge is -2.18. The Bertz CT molecular complexity index is 899. The van der Waals surface area contributed by atoms with Crippen molar-refractivity contribution in [1.82, 2.24) is 20.1 Å². The maximum absolute atomic E-state index is 12.3. The van der Waals surface area contributed by atoms with Crippen LogP contribution in [0.1, 0.15) is 48.0 Å². The molecule has 29 heavy (non-hydrogen) atoms. The summed E-state index contributed by atoms with van der Waals surface area (Å²) >= 11 is 1.45. The van der Waals surface area contributed by atoms with E-state index in [4.69, 9.17) is 0 Å². The Morgan fingerprint density at radius 2 is 1.69 bits per heavy atom. The van der Waals surface area contributed by atoms with E-state index in [1.165, 1.54) is 35.7 Å². The number of amides is 1. The molecule has 1 fully saturated rings. The Kier molecular flexibility index (Phi) is 6.30. The predicted octanol–water partition coefficient (Wildman–Crippen LogP) is 4.12. The molecule has 2 aromatic carbocycles. The number of benzene rings is 2. The summed E-state index contributed by atoms with van der Waals surface area (Å²) in [6.07, 6.45) is 3.25. The minimum Gasteiger partial charge on any atom is -0.355 e. The monoisotopic (exact) mass is 406 g/mol. The molecular weight excluding hydrogens is 380 g/mol. The highest BCUT2D eigenvalue weighted by Gasteiger charge is 2.29. The van der Waals surface area contributed by atoms with E-state index >= 15 is 0 Å². The molecule has 1 N–H and O–H groups in total. The predicted molar refractivity (Wildman–Crippen MR) is 116 cm³/mol. The minimum atomic E-state index is 0.0332. The molecule has 1 heterocycles. The summed E-state index contributed by atoms with van der Waals surface area (Å²) in [7, 11) is 1.98. The van der Waals surface area contributed by atoms with Crippen LogP contribution >= 0.6 is 11.8 Å². The zero-order valence-corrected chi connectivity index (χ0v) is 17.4. The molecule has 4 rings (SSSR count). The van der Waals surface area contributed by atoms with Crippen LogP contribution in [-0.4, -0.2) is 33.0 Å². The van der Waals surface area contributed by atoms with Gasteiger partial charge >= 0.3 is 0 Å². The highest BCUT2D eigenvalue weighted by Crippen LogP contribution is 2.39. The normalized spacial score (nSPS) is 13.6. The molecular formula is C23H26N4OS. The number of hydrogen-bond donors (Lipinski definition) is 1. The maximum Gasteiger partial charge on any atom is 0.230 e. The quantitative estimate of drug-likeness (QED) is 0.543. The summed E-state index contributed by atoms with van der Waals surface area (Å²) in [5.74, 6) is 2.26. The molecule has 0 spiro atoms. The molecule has 1 saturated carbocycles. The Morgan fingerprint density at radius 1 is 1.07 bits per heavy atom. The SMILES string of the molecule is Cn1c(SCC(=O)NCCC(c2ccccc2)c2ccccc2)nnc1C1CC1. The largest absolute Gasteiger partial charge is 0.355 e. The lowest BCUT2D eigenvalue weighted by atomic mass is 9.88. The molecule has 150 valence electrons. The van der Waals surface area contributed by atoms with Crippen LogP contribution in [-0.2, 0) is 11.8 Å². The summed E-state index contributed by atoms with van der Waals surface area (Å²) < 4.78 is 2.02. The summed E-state index contributed by atoms with van der Waals surface area (Å²) in [6.45, 7) is 0.639. The summed E-state index contributed by atoms with van der Waals surface area (Å²) in [4.78, 5) is 12.3. The van der Waals surface area contributed by atoms with Gasteiger partial charge in [0.25, 0.3) is 0 Å². The minimum absolute atomic E-state index is 0.0332. The van der Waals surface area contributed by atoms with Gasteiger partial charge in [-0.3, -0.25) is 4.79 Å². The first-order valence-electron chi connectivity index (χ1n) is 10.1. The molecule has 1 aliphatic carbocycles. The van der Waals surface area contributed by atoms with E-state index in [9.17, 15) is 4.79 Å². The topological polar surface area (TPSA) is 59.8 Å². The summed E-state index contributed by atoms with van der Waals surface area (Å²) in [6, 6.07) is 20.9. The third-order valence-corrected chi connectivity index (χ3v) is 6.32. The molecule has 0 aliphatic heterocycles. The van der Waals surface area contributed by atoms with Crippen LogP contribution in [0, 0.1) is 0 Å². The zero-order valence-electron chi connectivity index (χ0n) is 16.6. The van der Waals surface area contributed by atoms with Crippen LogP contribution in [0.15, 0.2) is 65.8 Å². The van der Waals surface area contributed by atoms with Crippen molar-refractivity contribution >= 4 is 17.7 Å². The molecule has 0 saturated heterocycles. The van der Waals surface area contributed by atoms with Gasteiger partial charge in [-0.05, 0) is 30.4 Å². The highest BCUT2D eigenvalue weighted by atomic mass is 32.2. The summed E-state index contributed by atoms with van der Waals surface area (Å²) in [5, 5.41) is 12.4. The van der Waals surface area contributed by atoms with E-state index < -0.39 is 0 Å². The van der Waals surface area contributed by atoms with Crippen molar-refractivity contribution in [3.8, 4) is 0 Å². The van der Waals surface area contributed by atoms with Gasteiger partial charge in [-0.15, -0.1) is 10.2 Å². The number of rotatable bonds is 9. The second-order valence-electron chi connectivity index (χ2n) is 7.48. The number of nitrogens with zero attached hydrogens (tertiary/aromatic N) is 3. The van der Waals surface area contributed by atoms with Gasteiger partial charge in [0.15, 0.2) is 5.16 Å². The van der Waals surface area contributed by atoms with Gasteiger partial charge in [0, 0.05) is 25.4 Å². The van der Waals surface area contributed by atoms with Gasteiger partial charge in [0.2, 0.25) is 5.91 Å². The Hall–Kier alpha value is -2.60. The van der Waals surface area contributed by atoms with E-state index in [-0.39, 0.29) is 11.8 Å². The molecule has 3 aromatic rings. The molecule has 5 nitrogen and oxygen atoms in total. The maximum atomic E-state index is 12.3. The Morgan fingerprint density at radius 3 is 2.28 bits per heavy atom. The smallest absolute Gasteiger partial charge is 0.230 e. The number of carbonyl (C=O) groups excluding carboxylic acids is 1. The number of thioether (sulfide) groups is 1. The lowest BCUT2D eigenvalue weighted by molar-refractivity contribution is -0.118. The molecule has 0 radical (unpaired) electrons. The van der Waals surface area contributed by atoms with Crippen molar-refractivity contribution < 1.29 is 4.79 Å². The van der Waals surface area contributed by atoms with Gasteiger partial charge in [0.1, 0.15) is 5.82 Å². The Labute approximate surface area is 175 Å². The van der Waals surface area contributed by atoms with Crippen LogP contribution < -0.4 is 5.32 Å². The van der Waals surface area contributed by atoms with Crippen LogP contribution in [0.4, 0.5) is 0 Å². The second-order valence-corrected chi connectivity index (χ2v) is 8.42. The van der Waals surface area contributed by atoms with Crippen molar-refractivity contribution in [2.24, 2.45) is 7.05 Å². The van der Waals surface area contributed by atoms with Crippen LogP contribution in [0.25, 0.3) is 0 Å². The van der Waals surface area contributed by atoms with Crippen molar-refractivity contribution in [3.05, 3.63) is 77.6 Å². The molecule has 6 heteroatoms. The van der Waals surface area contributed by atoms with E-state index in [0.29, 0.717) is 18.2 Å². The first-order chi connectivity index (χ1) is 14.2. The molecule has 0 atom stereocenters. The van der Waals surface area contributed by atoms with E-state index in [0.717, 1.165) is 17.4 Å². The van der Waals surface area contributed by atoms with Gasteiger partial charge < -0.3 is 9.88 Å². The highest BCUT2D eigenvalue weighted by molar-refractivity contribution is 7.99. The van der Waals surface area contributed by atoms with Crippen molar-refractivity contribution in [1.29, 1.82) is 0 Å². The van der Waals surface area contributed by atoms with E-state index in [1.807, 2.05) is 23.7 Å². The Balaban J connectivity index is 1.30. The number of hydrogen-bond acceptors (Lipinski definition) is 4. The molecule has 1 amide bonds. The van der Waals surface area contributed by atoms with Crippen LogP contribution in [0.2, 0.25) is 0 Å². The van der Waals surface area contributed by atoms with Gasteiger partial charge in [-0.2, -0.15) is 0 Å². The fourth-order valence-corrected chi connectivity index (χ4v) is 4.33. The van der Waals surface area contributed by atoms with Crippen LogP contribution in [0.3, 0.4) is 0 Å². The zero-order chi connectivity index (χ0) is 20.1. The first-order valence-corrected chi connectivity index (χ1v) is 11.1. The van der Waals surface area contributed by atoms with Crippen molar-refractivity contribution in [3.63, 3.8) is 0 Å². The van der Waals surface area contributed by atoms with Gasteiger partial charge in [0.05, 0.1) is 5.75 Å². The summed E-state index contributed by atoms with van der Waals surface area (Å²) in [5.41, 5.74) is 2.54. The van der Waals surface area contributed by atoms with Crippen molar-refractivity contribution in [2.75, 3.05) is 12.3 Å². The van der Waals surface area contributed by atoms with Gasteiger partial charge in [-0.1, -0.05) is 72.4 Å². The number of carbonyl (C=O) groups is 1. The average Bonchev–Trinajstić information content (AvgIpc) is 3.54. The third kappa shape index (κ3) is 5.07. The standard InChI is InChI=1S/C23H26N4OS/c1-27-22(19-12-13-19)25-26-23(27)29-16-21(28)24-15-14-20(17-8-4-2-5-9-17)18-10-6-3-7-11-18/h2-11,19-20H,12-16H2,1H3,(H,24,28). The van der Waals surface area contributed by atoms with E-state index in [1.54, 1.807) is 0 Å². The van der Waals surface area contributed by atoms with Crippen LogP contribution in [0.5, 0.6) is 0 Å².